The van der Waals surface area contributed by atoms with E-state index < -0.39 is 0 Å². The van der Waals surface area contributed by atoms with Gasteiger partial charge in [-0.3, -0.25) is 4.40 Å². The van der Waals surface area contributed by atoms with Gasteiger partial charge in [0.05, 0.1) is 0 Å². The Balaban J connectivity index is 1.59. The van der Waals surface area contributed by atoms with Gasteiger partial charge in [0.15, 0.2) is 5.65 Å². The summed E-state index contributed by atoms with van der Waals surface area (Å²) in [6.07, 6.45) is 4.99. The van der Waals surface area contributed by atoms with Crippen LogP contribution < -0.4 is 5.32 Å². The van der Waals surface area contributed by atoms with Crippen LogP contribution >= 0.6 is 0 Å². The molecule has 1 atom stereocenters. The van der Waals surface area contributed by atoms with Crippen molar-refractivity contribution in [2.45, 2.75) is 25.2 Å². The molecular formula is C17H26N6O. The average molecular weight is 330 g/mol. The van der Waals surface area contributed by atoms with Gasteiger partial charge in [0, 0.05) is 31.7 Å². The van der Waals surface area contributed by atoms with Gasteiger partial charge in [0.25, 0.3) is 0 Å². The Hall–Kier alpha value is -2.15. The van der Waals surface area contributed by atoms with Gasteiger partial charge in [0.1, 0.15) is 5.82 Å². The average Bonchev–Trinajstić information content (AvgIpc) is 3.02. The maximum absolute atomic E-state index is 12.4. The summed E-state index contributed by atoms with van der Waals surface area (Å²) in [6.45, 7) is 3.21. The lowest BCUT2D eigenvalue weighted by Crippen LogP contribution is -2.45. The number of carbonyl (C=O) groups is 1. The summed E-state index contributed by atoms with van der Waals surface area (Å²) in [7, 11) is 4.08. The van der Waals surface area contributed by atoms with Gasteiger partial charge in [-0.05, 0) is 52.0 Å². The van der Waals surface area contributed by atoms with E-state index >= 15 is 0 Å². The maximum atomic E-state index is 12.4. The topological polar surface area (TPSA) is 65.8 Å². The van der Waals surface area contributed by atoms with Gasteiger partial charge in [-0.15, -0.1) is 10.2 Å². The summed E-state index contributed by atoms with van der Waals surface area (Å²) in [5.74, 6) is 1.19. The minimum absolute atomic E-state index is 0.0345. The molecule has 3 rings (SSSR count). The minimum Gasteiger partial charge on any atom is -0.338 e. The fourth-order valence-corrected chi connectivity index (χ4v) is 3.21. The molecule has 0 bridgehead atoms. The lowest BCUT2D eigenvalue weighted by Gasteiger charge is -2.32. The number of likely N-dealkylation sites (tertiary alicyclic amines) is 1. The second-order valence-corrected chi connectivity index (χ2v) is 6.66. The van der Waals surface area contributed by atoms with E-state index in [-0.39, 0.29) is 11.9 Å². The molecule has 1 aliphatic heterocycles. The molecule has 130 valence electrons. The minimum atomic E-state index is 0.0345. The van der Waals surface area contributed by atoms with Crippen molar-refractivity contribution in [1.82, 2.24) is 29.7 Å². The van der Waals surface area contributed by atoms with Gasteiger partial charge < -0.3 is 15.1 Å². The molecule has 0 radical (unpaired) electrons. The number of aromatic nitrogens is 3. The van der Waals surface area contributed by atoms with Crippen LogP contribution in [0.3, 0.4) is 0 Å². The van der Waals surface area contributed by atoms with Crippen LogP contribution in [0.4, 0.5) is 4.79 Å². The quantitative estimate of drug-likeness (QED) is 0.845. The number of urea groups is 1. The normalized spacial score (nSPS) is 18.3. The Morgan fingerprint density at radius 3 is 3.08 bits per heavy atom. The van der Waals surface area contributed by atoms with Gasteiger partial charge in [-0.1, -0.05) is 6.07 Å². The molecule has 1 aliphatic rings. The summed E-state index contributed by atoms with van der Waals surface area (Å²) in [4.78, 5) is 16.4. The maximum Gasteiger partial charge on any atom is 0.317 e. The number of amides is 2. The molecular weight excluding hydrogens is 304 g/mol. The van der Waals surface area contributed by atoms with E-state index in [2.05, 4.69) is 20.4 Å². The summed E-state index contributed by atoms with van der Waals surface area (Å²) in [5.41, 5.74) is 0.859. The van der Waals surface area contributed by atoms with Crippen LogP contribution in [0, 0.1) is 0 Å². The zero-order valence-electron chi connectivity index (χ0n) is 14.5. The highest BCUT2D eigenvalue weighted by Crippen LogP contribution is 2.25. The molecule has 7 heteroatoms. The Morgan fingerprint density at radius 2 is 2.25 bits per heavy atom. The zero-order valence-corrected chi connectivity index (χ0v) is 14.5. The van der Waals surface area contributed by atoms with Crippen LogP contribution in [0.1, 0.15) is 31.0 Å². The van der Waals surface area contributed by atoms with Crippen molar-refractivity contribution in [2.75, 3.05) is 40.3 Å². The molecule has 0 aromatic carbocycles. The van der Waals surface area contributed by atoms with E-state index in [0.717, 1.165) is 43.8 Å². The van der Waals surface area contributed by atoms with Gasteiger partial charge in [0.2, 0.25) is 0 Å². The van der Waals surface area contributed by atoms with Crippen molar-refractivity contribution >= 4 is 11.7 Å². The fraction of sp³-hybridized carbons (Fsp3) is 0.588. The molecule has 0 spiro atoms. The fourth-order valence-electron chi connectivity index (χ4n) is 3.21. The summed E-state index contributed by atoms with van der Waals surface area (Å²) >= 11 is 0. The van der Waals surface area contributed by atoms with E-state index in [9.17, 15) is 4.79 Å². The van der Waals surface area contributed by atoms with Gasteiger partial charge >= 0.3 is 6.03 Å². The van der Waals surface area contributed by atoms with E-state index in [4.69, 9.17) is 0 Å². The first-order chi connectivity index (χ1) is 11.6. The Labute approximate surface area is 142 Å². The van der Waals surface area contributed by atoms with Crippen molar-refractivity contribution in [1.29, 1.82) is 0 Å². The highest BCUT2D eigenvalue weighted by atomic mass is 16.2. The highest BCUT2D eigenvalue weighted by Gasteiger charge is 2.27. The number of hydrogen-bond donors (Lipinski definition) is 1. The van der Waals surface area contributed by atoms with Crippen LogP contribution in [-0.2, 0) is 0 Å². The smallest absolute Gasteiger partial charge is 0.317 e. The van der Waals surface area contributed by atoms with E-state index in [1.807, 2.05) is 47.8 Å². The number of hydrogen-bond acceptors (Lipinski definition) is 4. The molecule has 0 aliphatic carbocycles. The van der Waals surface area contributed by atoms with Crippen LogP contribution in [0.2, 0.25) is 0 Å². The number of carbonyl (C=O) groups excluding carboxylic acids is 1. The van der Waals surface area contributed by atoms with Crippen LogP contribution in [0.5, 0.6) is 0 Å². The molecule has 0 saturated carbocycles. The Morgan fingerprint density at radius 1 is 1.38 bits per heavy atom. The van der Waals surface area contributed by atoms with E-state index in [1.165, 1.54) is 0 Å². The van der Waals surface area contributed by atoms with E-state index in [0.29, 0.717) is 13.1 Å². The van der Waals surface area contributed by atoms with Gasteiger partial charge in [-0.2, -0.15) is 0 Å². The van der Waals surface area contributed by atoms with Crippen molar-refractivity contribution in [2.24, 2.45) is 0 Å². The molecule has 2 aromatic rings. The molecule has 1 N–H and O–H groups in total. The monoisotopic (exact) mass is 330 g/mol. The van der Waals surface area contributed by atoms with Crippen LogP contribution in [0.15, 0.2) is 24.4 Å². The number of pyridine rings is 1. The predicted molar refractivity (Wildman–Crippen MR) is 93.1 cm³/mol. The van der Waals surface area contributed by atoms with Crippen LogP contribution in [-0.4, -0.2) is 70.7 Å². The third-order valence-corrected chi connectivity index (χ3v) is 4.47. The third-order valence-electron chi connectivity index (χ3n) is 4.47. The summed E-state index contributed by atoms with van der Waals surface area (Å²) in [6, 6.07) is 5.93. The SMILES string of the molecule is CN(C)CCCNC(=O)N1CCCC(c2nnc3ccccn23)C1. The first-order valence-electron chi connectivity index (χ1n) is 8.62. The third kappa shape index (κ3) is 3.84. The lowest BCUT2D eigenvalue weighted by atomic mass is 9.97. The number of rotatable bonds is 5. The predicted octanol–water partition coefficient (Wildman–Crippen LogP) is 1.57. The second-order valence-electron chi connectivity index (χ2n) is 6.66. The largest absolute Gasteiger partial charge is 0.338 e. The number of piperidine rings is 1. The number of nitrogens with one attached hydrogen (secondary N) is 1. The van der Waals surface area contributed by atoms with Gasteiger partial charge in [-0.25, -0.2) is 4.79 Å². The highest BCUT2D eigenvalue weighted by molar-refractivity contribution is 5.74. The Kier molecular flexibility index (Phi) is 5.30. The number of nitrogens with zero attached hydrogens (tertiary/aromatic N) is 5. The van der Waals surface area contributed by atoms with Crippen LogP contribution in [0.25, 0.3) is 5.65 Å². The summed E-state index contributed by atoms with van der Waals surface area (Å²) < 4.78 is 2.03. The molecule has 1 fully saturated rings. The molecule has 7 nitrogen and oxygen atoms in total. The zero-order chi connectivity index (χ0) is 16.9. The van der Waals surface area contributed by atoms with E-state index in [1.54, 1.807) is 0 Å². The standard InChI is InChI=1S/C17H26N6O/c1-21(2)10-6-9-18-17(24)22-11-5-7-14(13-22)16-20-19-15-8-3-4-12-23(15)16/h3-4,8,12,14H,5-7,9-11,13H2,1-2H3,(H,18,24). The van der Waals surface area contributed by atoms with Crippen molar-refractivity contribution in [3.63, 3.8) is 0 Å². The molecule has 1 saturated heterocycles. The molecule has 24 heavy (non-hydrogen) atoms. The first kappa shape index (κ1) is 16.7. The number of fused-ring (bicyclic) bond motifs is 1. The van der Waals surface area contributed by atoms with Crippen molar-refractivity contribution in [3.8, 4) is 0 Å². The van der Waals surface area contributed by atoms with Crippen molar-refractivity contribution in [3.05, 3.63) is 30.2 Å². The second kappa shape index (κ2) is 7.61. The molecule has 2 amide bonds. The summed E-state index contributed by atoms with van der Waals surface area (Å²) in [5, 5.41) is 11.6. The first-order valence-corrected chi connectivity index (χ1v) is 8.62. The molecule has 3 heterocycles. The lowest BCUT2D eigenvalue weighted by molar-refractivity contribution is 0.177. The molecule has 1 unspecified atom stereocenters. The van der Waals surface area contributed by atoms with Crippen molar-refractivity contribution < 1.29 is 4.79 Å². The molecule has 2 aromatic heterocycles. The Bertz CT molecular complexity index is 683.